The minimum absolute atomic E-state index is 0.195. The van der Waals surface area contributed by atoms with Gasteiger partial charge in [-0.2, -0.15) is 0 Å². The topological polar surface area (TPSA) is 75.1 Å². The number of nitrogens with zero attached hydrogens (tertiary/aromatic N) is 3. The molecule has 298 valence electrons. The first kappa shape index (κ1) is 38.4. The van der Waals surface area contributed by atoms with E-state index in [1.165, 1.54) is 0 Å². The van der Waals surface area contributed by atoms with Crippen molar-refractivity contribution in [2.45, 2.75) is 25.6 Å². The summed E-state index contributed by atoms with van der Waals surface area (Å²) < 4.78 is 22.8. The second-order valence-corrected chi connectivity index (χ2v) is 15.5. The van der Waals surface area contributed by atoms with Crippen molar-refractivity contribution in [1.82, 2.24) is 9.97 Å². The molecule has 0 fully saturated rings. The van der Waals surface area contributed by atoms with E-state index in [2.05, 4.69) is 96.0 Å². The first-order valence-electron chi connectivity index (χ1n) is 20.9. The van der Waals surface area contributed by atoms with E-state index in [0.717, 1.165) is 96.3 Å². The number of furan rings is 1. The van der Waals surface area contributed by atoms with Crippen molar-refractivity contribution in [3.8, 4) is 45.0 Å². The number of hydrogen-bond acceptors (Lipinski definition) is 5. The van der Waals surface area contributed by atoms with E-state index in [4.69, 9.17) is 19.8 Å². The van der Waals surface area contributed by atoms with Crippen LogP contribution >= 0.6 is 0 Å². The molecule has 1 unspecified atom stereocenters. The Bertz CT molecular complexity index is 3110. The SMILES string of the molecule is N=C(CC(=NC(F)c1ccccc1)C1=CCCC(c2cccc3c2oc2c(-c4cccc(-c5cc(-c6ccccc6)nc(-c6ccccc6)n5)c4)cccc23)=C1)c1ccccc1. The number of allylic oxidation sites excluding steroid dienone is 4. The van der Waals surface area contributed by atoms with Crippen molar-refractivity contribution in [3.63, 3.8) is 0 Å². The molecule has 9 aromatic rings. The molecular weight excluding hydrogens is 764 g/mol. The predicted molar refractivity (Wildman–Crippen MR) is 252 cm³/mol. The second kappa shape index (κ2) is 17.0. The molecule has 62 heavy (non-hydrogen) atoms. The molecule has 1 aliphatic rings. The molecule has 2 heterocycles. The molecule has 0 saturated carbocycles. The van der Waals surface area contributed by atoms with E-state index in [-0.39, 0.29) is 6.42 Å². The van der Waals surface area contributed by atoms with Crippen LogP contribution in [0, 0.1) is 5.41 Å². The van der Waals surface area contributed by atoms with E-state index < -0.39 is 6.30 Å². The van der Waals surface area contributed by atoms with Crippen molar-refractivity contribution in [2.75, 3.05) is 0 Å². The number of benzene rings is 7. The van der Waals surface area contributed by atoms with Crippen LogP contribution in [0.1, 0.15) is 42.2 Å². The quantitative estimate of drug-likeness (QED) is 0.104. The lowest BCUT2D eigenvalue weighted by atomic mass is 9.89. The fraction of sp³-hybridized carbons (Fsp3) is 0.0714. The minimum Gasteiger partial charge on any atom is -0.455 e. The van der Waals surface area contributed by atoms with Crippen molar-refractivity contribution in [3.05, 3.63) is 222 Å². The van der Waals surface area contributed by atoms with Gasteiger partial charge < -0.3 is 9.83 Å². The third-order valence-corrected chi connectivity index (χ3v) is 11.4. The van der Waals surface area contributed by atoms with Crippen LogP contribution in [0.2, 0.25) is 0 Å². The van der Waals surface area contributed by atoms with E-state index in [1.807, 2.05) is 97.1 Å². The van der Waals surface area contributed by atoms with Crippen LogP contribution < -0.4 is 0 Å². The zero-order valence-corrected chi connectivity index (χ0v) is 33.9. The number of aliphatic imine (C=N–C) groups is 1. The van der Waals surface area contributed by atoms with E-state index >= 15 is 4.39 Å². The van der Waals surface area contributed by atoms with Crippen molar-refractivity contribution in [1.29, 1.82) is 5.41 Å². The first-order valence-corrected chi connectivity index (χ1v) is 20.9. The number of fused-ring (bicyclic) bond motifs is 3. The first-order chi connectivity index (χ1) is 30.6. The Balaban J connectivity index is 1.03. The summed E-state index contributed by atoms with van der Waals surface area (Å²) in [6.45, 7) is 0. The molecule has 0 radical (unpaired) electrons. The number of nitrogens with one attached hydrogen (secondary N) is 1. The smallest absolute Gasteiger partial charge is 0.215 e. The largest absolute Gasteiger partial charge is 0.455 e. The van der Waals surface area contributed by atoms with Gasteiger partial charge in [-0.3, -0.25) is 0 Å². The summed E-state index contributed by atoms with van der Waals surface area (Å²) >= 11 is 0. The van der Waals surface area contributed by atoms with E-state index in [1.54, 1.807) is 12.1 Å². The second-order valence-electron chi connectivity index (χ2n) is 15.5. The van der Waals surface area contributed by atoms with Gasteiger partial charge in [0.1, 0.15) is 11.2 Å². The molecule has 0 saturated heterocycles. The highest BCUT2D eigenvalue weighted by Crippen LogP contribution is 2.41. The highest BCUT2D eigenvalue weighted by atomic mass is 19.1. The number of halogens is 1. The van der Waals surface area contributed by atoms with Gasteiger partial charge in [-0.25, -0.2) is 19.4 Å². The third-order valence-electron chi connectivity index (χ3n) is 11.4. The standard InChI is InChI=1S/C56H41FN4O/c57-55(39-21-9-3-10-22-39)59-50(35-49(58)37-17-5-1-6-18-37)43-27-13-25-41(33-43)45-29-15-31-47-48-32-16-30-46(54(48)62-53(45)47)42-26-14-28-44(34-42)52-36-51(38-19-7-2-8-20-38)60-56(61-52)40-23-11-4-12-24-40/h1-12,14-24,26-34,36,55,58H,13,25,35H2. The Morgan fingerprint density at radius 1 is 0.597 bits per heavy atom. The molecule has 10 rings (SSSR count). The van der Waals surface area contributed by atoms with Gasteiger partial charge in [0.2, 0.25) is 6.30 Å². The van der Waals surface area contributed by atoms with Crippen LogP contribution in [0.5, 0.6) is 0 Å². The Morgan fingerprint density at radius 3 is 1.87 bits per heavy atom. The maximum atomic E-state index is 15.9. The monoisotopic (exact) mass is 804 g/mol. The highest BCUT2D eigenvalue weighted by Gasteiger charge is 2.21. The van der Waals surface area contributed by atoms with Crippen LogP contribution in [-0.4, -0.2) is 21.4 Å². The molecule has 2 aromatic heterocycles. The maximum Gasteiger partial charge on any atom is 0.215 e. The van der Waals surface area contributed by atoms with Crippen molar-refractivity contribution in [2.24, 2.45) is 4.99 Å². The van der Waals surface area contributed by atoms with Crippen molar-refractivity contribution < 1.29 is 8.81 Å². The number of alkyl halides is 1. The summed E-state index contributed by atoms with van der Waals surface area (Å²) in [7, 11) is 0. The predicted octanol–water partition coefficient (Wildman–Crippen LogP) is 14.7. The molecule has 0 spiro atoms. The maximum absolute atomic E-state index is 15.9. The highest BCUT2D eigenvalue weighted by molar-refractivity contribution is 6.19. The van der Waals surface area contributed by atoms with Gasteiger partial charge in [-0.05, 0) is 53.3 Å². The fourth-order valence-electron chi connectivity index (χ4n) is 8.28. The third kappa shape index (κ3) is 7.82. The molecule has 1 aliphatic carbocycles. The van der Waals surface area contributed by atoms with Gasteiger partial charge in [0.05, 0.1) is 17.1 Å². The van der Waals surface area contributed by atoms with Crippen LogP contribution in [-0.2, 0) is 0 Å². The number of rotatable bonds is 11. The van der Waals surface area contributed by atoms with Crippen LogP contribution in [0.4, 0.5) is 4.39 Å². The molecule has 1 N–H and O–H groups in total. The van der Waals surface area contributed by atoms with Crippen LogP contribution in [0.15, 0.2) is 215 Å². The number of hydrogen-bond donors (Lipinski definition) is 1. The molecule has 5 nitrogen and oxygen atoms in total. The lowest BCUT2D eigenvalue weighted by Gasteiger charge is -2.18. The normalized spacial score (nSPS) is 13.5. The molecular formula is C56H41FN4O. The summed E-state index contributed by atoms with van der Waals surface area (Å²) in [6, 6.07) is 62.0. The molecule has 7 aromatic carbocycles. The summed E-state index contributed by atoms with van der Waals surface area (Å²) in [5.74, 6) is 0.669. The number of aromatic nitrogens is 2. The van der Waals surface area contributed by atoms with Gasteiger partial charge in [0, 0.05) is 56.3 Å². The van der Waals surface area contributed by atoms with Gasteiger partial charge in [0.15, 0.2) is 5.82 Å². The van der Waals surface area contributed by atoms with Gasteiger partial charge in [-0.15, -0.1) is 0 Å². The Morgan fingerprint density at radius 2 is 1.16 bits per heavy atom. The Hall–Kier alpha value is -7.83. The summed E-state index contributed by atoms with van der Waals surface area (Å²) in [5.41, 5.74) is 13.3. The molecule has 0 bridgehead atoms. The minimum atomic E-state index is -1.56. The van der Waals surface area contributed by atoms with Gasteiger partial charge in [-0.1, -0.05) is 182 Å². The molecule has 1 atom stereocenters. The average molecular weight is 805 g/mol. The molecule has 6 heteroatoms. The zero-order valence-electron chi connectivity index (χ0n) is 33.9. The number of para-hydroxylation sites is 2. The van der Waals surface area contributed by atoms with Gasteiger partial charge in [0.25, 0.3) is 0 Å². The molecule has 0 aliphatic heterocycles. The lowest BCUT2D eigenvalue weighted by Crippen LogP contribution is -2.13. The lowest BCUT2D eigenvalue weighted by molar-refractivity contribution is 0.358. The summed E-state index contributed by atoms with van der Waals surface area (Å²) in [6.07, 6.45) is 4.39. The van der Waals surface area contributed by atoms with Crippen LogP contribution in [0.25, 0.3) is 72.5 Å². The molecule has 0 amide bonds. The summed E-state index contributed by atoms with van der Waals surface area (Å²) in [4.78, 5) is 14.7. The Labute approximate surface area is 359 Å². The van der Waals surface area contributed by atoms with E-state index in [0.29, 0.717) is 22.8 Å². The summed E-state index contributed by atoms with van der Waals surface area (Å²) in [5, 5.41) is 11.0. The Kier molecular flexibility index (Phi) is 10.5. The van der Waals surface area contributed by atoms with Gasteiger partial charge >= 0.3 is 0 Å². The average Bonchev–Trinajstić information content (AvgIpc) is 3.74. The van der Waals surface area contributed by atoms with Crippen molar-refractivity contribution >= 4 is 38.9 Å². The fourth-order valence-corrected chi connectivity index (χ4v) is 8.28. The van der Waals surface area contributed by atoms with E-state index in [9.17, 15) is 0 Å². The van der Waals surface area contributed by atoms with Crippen LogP contribution in [0.3, 0.4) is 0 Å². The zero-order chi connectivity index (χ0) is 41.8.